The summed E-state index contributed by atoms with van der Waals surface area (Å²) in [4.78, 5) is 47.0. The van der Waals surface area contributed by atoms with Gasteiger partial charge in [0.2, 0.25) is 11.8 Å². The Kier molecular flexibility index (Phi) is 65.1. The van der Waals surface area contributed by atoms with Gasteiger partial charge in [0, 0.05) is 26.4 Å². The van der Waals surface area contributed by atoms with Crippen molar-refractivity contribution in [3.05, 3.63) is 65.7 Å². The van der Waals surface area contributed by atoms with E-state index >= 15 is 0 Å². The number of rotatable bonds is 40. The maximum absolute atomic E-state index is 12.1. The van der Waals surface area contributed by atoms with E-state index in [1.54, 1.807) is 36.4 Å². The average molecular weight is 1020 g/mol. The third-order valence-corrected chi connectivity index (χ3v) is 11.9. The summed E-state index contributed by atoms with van der Waals surface area (Å²) >= 11 is 0. The normalized spacial score (nSPS) is 11.0. The number of aromatic hydroxyl groups is 1. The predicted molar refractivity (Wildman–Crippen MR) is 270 cm³/mol. The number of amides is 2. The summed E-state index contributed by atoms with van der Waals surface area (Å²) in [6, 6.07) is 14.4. The number of hydrogen-bond donors (Lipinski definition) is 5. The number of carboxylic acids is 2. The van der Waals surface area contributed by atoms with Crippen molar-refractivity contribution < 1.29 is 153 Å². The van der Waals surface area contributed by atoms with E-state index in [4.69, 9.17) is 5.11 Å². The largest absolute Gasteiger partial charge is 1.00 e. The first-order chi connectivity index (χ1) is 31.7. The van der Waals surface area contributed by atoms with Crippen LogP contribution in [0.2, 0.25) is 0 Å². The summed E-state index contributed by atoms with van der Waals surface area (Å²) in [5.74, 6) is -2.55. The van der Waals surface area contributed by atoms with E-state index in [1.165, 1.54) is 166 Å². The van der Waals surface area contributed by atoms with Crippen LogP contribution in [0.15, 0.2) is 48.5 Å². The van der Waals surface area contributed by atoms with Gasteiger partial charge in [0.1, 0.15) is 11.8 Å². The molecule has 2 rings (SSSR count). The fourth-order valence-corrected chi connectivity index (χ4v) is 7.90. The molecular formula is C55H95K2N2O10-. The Hall–Kier alpha value is -0.727. The van der Waals surface area contributed by atoms with Crippen LogP contribution in [0.4, 0.5) is 0 Å². The molecule has 0 aliphatic heterocycles. The Morgan fingerprint density at radius 3 is 1.07 bits per heavy atom. The van der Waals surface area contributed by atoms with E-state index < -0.39 is 24.0 Å². The number of carboxylic acid groups (broad SMARTS) is 2. The van der Waals surface area contributed by atoms with Gasteiger partial charge in [-0.15, -0.1) is 0 Å². The first-order valence-corrected chi connectivity index (χ1v) is 25.9. The summed E-state index contributed by atoms with van der Waals surface area (Å²) in [5.41, 5.74) is 1.61. The predicted octanol–water partition coefficient (Wildman–Crippen LogP) is 4.91. The second-order valence-electron chi connectivity index (χ2n) is 17.8. The number of carbonyl (C=O) groups is 4. The summed E-state index contributed by atoms with van der Waals surface area (Å²) < 4.78 is 0. The van der Waals surface area contributed by atoms with Crippen molar-refractivity contribution in [1.82, 2.24) is 10.6 Å². The fraction of sp³-hybridized carbons (Fsp3) is 0.709. The zero-order valence-electron chi connectivity index (χ0n) is 44.1. The van der Waals surface area contributed by atoms with Crippen molar-refractivity contribution in [2.45, 2.75) is 244 Å². The van der Waals surface area contributed by atoms with Gasteiger partial charge in [-0.3, -0.25) is 9.59 Å². The second-order valence-corrected chi connectivity index (χ2v) is 17.8. The molecule has 0 spiro atoms. The molecule has 0 radical (unpaired) electrons. The minimum Gasteiger partial charge on any atom is -0.870 e. The quantitative estimate of drug-likeness (QED) is 0.0346. The van der Waals surface area contributed by atoms with Crippen LogP contribution in [0.5, 0.6) is 5.75 Å². The molecule has 0 saturated heterocycles. The molecular weight excluding hydrogens is 927 g/mol. The molecule has 0 saturated carbocycles. The van der Waals surface area contributed by atoms with Gasteiger partial charge >= 0.3 is 109 Å². The first-order valence-electron chi connectivity index (χ1n) is 25.9. The number of aliphatic carboxylic acids is 2. The molecule has 2 atom stereocenters. The van der Waals surface area contributed by atoms with Crippen molar-refractivity contribution >= 4 is 23.8 Å². The molecule has 2 amide bonds. The summed E-state index contributed by atoms with van der Waals surface area (Å²) in [5, 5.41) is 42.2. The molecule has 14 heteroatoms. The van der Waals surface area contributed by atoms with Gasteiger partial charge in [-0.25, -0.2) is 4.79 Å². The Labute approximate surface area is 504 Å². The van der Waals surface area contributed by atoms with Crippen molar-refractivity contribution in [3.8, 4) is 5.75 Å². The number of phenolic OH excluding ortho intramolecular Hbond substituents is 1. The fourth-order valence-electron chi connectivity index (χ4n) is 7.90. The van der Waals surface area contributed by atoms with Gasteiger partial charge in [0.05, 0.1) is 12.0 Å². The standard InChI is InChI=1S/C27H45NO4.C27H44NO3.CH4O.2K.2H2O/c1-2-3-4-5-6-7-8-9-10-11-12-13-14-15-16-17-26(30)28-25(27(31)32)22-23-18-20-24(29)21-19-23;1-2-3-4-5-6-7-8-9-10-11-12-13-14-15-19-22-26(29)28-25(27(30)31)23-24-20-17-16-18-21-24;1-2;;;;/h18-21,25,29H,2-17,22H2,1H3,(H,28,30)(H,31,32);17-18,20-21,25H,2-15,19,22-23H2,1H3,(H,28,29)(H,30,31);2H,1H3;;;2*1H2/q;-1;;2*+1;;/p-2. The van der Waals surface area contributed by atoms with Crippen molar-refractivity contribution in [2.75, 3.05) is 7.11 Å². The number of benzene rings is 2. The number of carbonyl (C=O) groups excluding carboxylic acids is 3. The van der Waals surface area contributed by atoms with Crippen LogP contribution in [0.25, 0.3) is 0 Å². The Balaban J connectivity index is -0.000000362. The van der Waals surface area contributed by atoms with E-state index in [0.29, 0.717) is 12.8 Å². The van der Waals surface area contributed by atoms with E-state index in [2.05, 4.69) is 30.5 Å². The maximum atomic E-state index is 12.1. The number of aliphatic hydroxyl groups is 1. The molecule has 0 aliphatic rings. The van der Waals surface area contributed by atoms with Gasteiger partial charge in [-0.1, -0.05) is 206 Å². The monoisotopic (exact) mass is 1020 g/mol. The molecule has 2 aromatic rings. The van der Waals surface area contributed by atoms with Crippen molar-refractivity contribution in [1.29, 1.82) is 0 Å². The van der Waals surface area contributed by atoms with E-state index in [0.717, 1.165) is 56.8 Å². The Morgan fingerprint density at radius 2 is 0.768 bits per heavy atom. The SMILES string of the molecule is CCCCCCCCCCCCCCCCCC(=O)NC(Cc1cc[c-]cc1)C(=O)[O-].CCCCCCCCCCCCCCCCCC(=O)NC(Cc1ccc(O)cc1)C(=O)O.CO.O.[K+].[K+].[OH-]. The zero-order chi connectivity index (χ0) is 48.0. The van der Waals surface area contributed by atoms with E-state index in [-0.39, 0.29) is 144 Å². The van der Waals surface area contributed by atoms with Crippen LogP contribution in [0.1, 0.15) is 230 Å². The van der Waals surface area contributed by atoms with Gasteiger partial charge in [-0.2, -0.15) is 35.9 Å². The topological polar surface area (TPSA) is 238 Å². The number of aliphatic hydroxyl groups excluding tert-OH is 1. The molecule has 8 N–H and O–H groups in total. The molecule has 0 heterocycles. The number of phenols is 1. The third kappa shape index (κ3) is 50.6. The van der Waals surface area contributed by atoms with Crippen LogP contribution < -0.4 is 119 Å². The smallest absolute Gasteiger partial charge is 0.870 e. The molecule has 0 fully saturated rings. The molecule has 12 nitrogen and oxygen atoms in total. The van der Waals surface area contributed by atoms with Gasteiger partial charge in [0.25, 0.3) is 0 Å². The Morgan fingerprint density at radius 1 is 0.493 bits per heavy atom. The van der Waals surface area contributed by atoms with E-state index in [9.17, 15) is 34.5 Å². The van der Waals surface area contributed by atoms with Crippen LogP contribution >= 0.6 is 0 Å². The minimum atomic E-state index is -1.24. The molecule has 69 heavy (non-hydrogen) atoms. The molecule has 0 aliphatic carbocycles. The molecule has 2 aromatic carbocycles. The van der Waals surface area contributed by atoms with Crippen LogP contribution in [-0.2, 0) is 32.0 Å². The summed E-state index contributed by atoms with van der Waals surface area (Å²) in [6.45, 7) is 4.52. The first kappa shape index (κ1) is 77.2. The molecule has 0 bridgehead atoms. The average Bonchev–Trinajstić information content (AvgIpc) is 3.30. The number of nitrogens with one attached hydrogen (secondary N) is 2. The Bertz CT molecular complexity index is 1420. The number of hydrogen-bond acceptors (Lipinski definition) is 8. The van der Waals surface area contributed by atoms with E-state index in [1.807, 2.05) is 0 Å². The summed E-state index contributed by atoms with van der Waals surface area (Å²) in [6.07, 6.45) is 39.6. The van der Waals surface area contributed by atoms with Crippen LogP contribution in [0, 0.1) is 6.07 Å². The second kappa shape index (κ2) is 58.2. The third-order valence-electron chi connectivity index (χ3n) is 11.9. The van der Waals surface area contributed by atoms with Gasteiger partial charge in [0.15, 0.2) is 0 Å². The zero-order valence-corrected chi connectivity index (χ0v) is 50.4. The van der Waals surface area contributed by atoms with Crippen LogP contribution in [-0.4, -0.2) is 69.2 Å². The van der Waals surface area contributed by atoms with Crippen molar-refractivity contribution in [2.24, 2.45) is 0 Å². The molecule has 2 unspecified atom stereocenters. The van der Waals surface area contributed by atoms with Crippen LogP contribution in [0.3, 0.4) is 0 Å². The maximum Gasteiger partial charge on any atom is 1.00 e. The summed E-state index contributed by atoms with van der Waals surface area (Å²) in [7, 11) is 1.00. The van der Waals surface area contributed by atoms with Crippen molar-refractivity contribution in [3.63, 3.8) is 0 Å². The van der Waals surface area contributed by atoms with Gasteiger partial charge < -0.3 is 46.8 Å². The number of unbranched alkanes of at least 4 members (excludes halogenated alkanes) is 28. The minimum absolute atomic E-state index is 0. The molecule has 0 aromatic heterocycles. The molecule has 388 valence electrons. The van der Waals surface area contributed by atoms with Gasteiger partial charge in [-0.05, 0) is 37.0 Å².